The Labute approximate surface area is 213 Å². The number of nitrogens with one attached hydrogen (secondary N) is 2. The van der Waals surface area contributed by atoms with Crippen LogP contribution in [-0.2, 0) is 14.8 Å². The van der Waals surface area contributed by atoms with E-state index in [0.29, 0.717) is 22.5 Å². The number of carbonyl (C=O) groups excluding carboxylic acids is 2. The number of anilines is 2. The molecule has 0 saturated heterocycles. The average molecular weight is 533 g/mol. The molecule has 182 valence electrons. The van der Waals surface area contributed by atoms with E-state index in [9.17, 15) is 18.0 Å². The first-order valence-electron chi connectivity index (χ1n) is 10.3. The molecule has 0 spiro atoms. The molecule has 35 heavy (non-hydrogen) atoms. The molecule has 0 aliphatic heterocycles. The molecule has 3 rings (SSSR count). The summed E-state index contributed by atoms with van der Waals surface area (Å²) in [5.41, 5.74) is 4.89. The standard InChI is InChI=1S/C24H22Cl2N4O4S/c1-16(17-8-10-19(11-9-17)27-24(32)18-6-4-3-5-7-18)28-29-23(31)15-30(35(2,33)34)20-12-13-21(25)22(26)14-20/h3-14H,15H2,1-2H3,(H,27,32)(H,29,31)/b28-16+. The fraction of sp³-hybridized carbons (Fsp3) is 0.125. The van der Waals surface area contributed by atoms with Crippen LogP contribution in [0.5, 0.6) is 0 Å². The average Bonchev–Trinajstić information content (AvgIpc) is 2.83. The lowest BCUT2D eigenvalue weighted by molar-refractivity contribution is -0.119. The van der Waals surface area contributed by atoms with Crippen molar-refractivity contribution in [3.05, 3.63) is 94.0 Å². The molecule has 0 bridgehead atoms. The lowest BCUT2D eigenvalue weighted by Crippen LogP contribution is -2.39. The summed E-state index contributed by atoms with van der Waals surface area (Å²) in [6, 6.07) is 20.0. The molecule has 0 heterocycles. The number of halogens is 2. The van der Waals surface area contributed by atoms with Gasteiger partial charge in [0.05, 0.1) is 27.7 Å². The van der Waals surface area contributed by atoms with Crippen LogP contribution in [0.4, 0.5) is 11.4 Å². The predicted octanol–water partition coefficient (Wildman–Crippen LogP) is 4.55. The summed E-state index contributed by atoms with van der Waals surface area (Å²) >= 11 is 11.9. The van der Waals surface area contributed by atoms with Crippen molar-refractivity contribution in [3.63, 3.8) is 0 Å². The molecule has 3 aromatic carbocycles. The van der Waals surface area contributed by atoms with Crippen molar-refractivity contribution < 1.29 is 18.0 Å². The molecule has 0 unspecified atom stereocenters. The van der Waals surface area contributed by atoms with Crippen molar-refractivity contribution in [2.24, 2.45) is 5.10 Å². The third kappa shape index (κ3) is 7.29. The Bertz CT molecular complexity index is 1360. The van der Waals surface area contributed by atoms with Crippen LogP contribution in [0.25, 0.3) is 0 Å². The fourth-order valence-electron chi connectivity index (χ4n) is 3.00. The molecule has 0 aliphatic rings. The highest BCUT2D eigenvalue weighted by molar-refractivity contribution is 7.92. The molecule has 0 radical (unpaired) electrons. The third-order valence-electron chi connectivity index (χ3n) is 4.82. The lowest BCUT2D eigenvalue weighted by Gasteiger charge is -2.21. The molecule has 11 heteroatoms. The van der Waals surface area contributed by atoms with E-state index in [4.69, 9.17) is 23.2 Å². The van der Waals surface area contributed by atoms with Crippen molar-refractivity contribution in [1.29, 1.82) is 0 Å². The number of carbonyl (C=O) groups is 2. The van der Waals surface area contributed by atoms with Gasteiger partial charge in [-0.1, -0.05) is 53.5 Å². The van der Waals surface area contributed by atoms with E-state index < -0.39 is 22.5 Å². The van der Waals surface area contributed by atoms with E-state index in [1.54, 1.807) is 55.5 Å². The Morgan fingerprint density at radius 1 is 0.914 bits per heavy atom. The zero-order chi connectivity index (χ0) is 25.6. The van der Waals surface area contributed by atoms with Gasteiger partial charge in [-0.05, 0) is 55.0 Å². The van der Waals surface area contributed by atoms with Crippen molar-refractivity contribution in [1.82, 2.24) is 5.43 Å². The molecule has 2 N–H and O–H groups in total. The minimum absolute atomic E-state index is 0.162. The molecule has 0 aromatic heterocycles. The van der Waals surface area contributed by atoms with Gasteiger partial charge < -0.3 is 5.32 Å². The third-order valence-corrected chi connectivity index (χ3v) is 6.70. The van der Waals surface area contributed by atoms with Gasteiger partial charge in [-0.15, -0.1) is 0 Å². The van der Waals surface area contributed by atoms with Crippen LogP contribution in [0, 0.1) is 0 Å². The Kier molecular flexibility index (Phi) is 8.50. The molecule has 3 aromatic rings. The lowest BCUT2D eigenvalue weighted by atomic mass is 10.1. The first-order chi connectivity index (χ1) is 16.5. The number of nitrogens with zero attached hydrogens (tertiary/aromatic N) is 2. The topological polar surface area (TPSA) is 108 Å². The van der Waals surface area contributed by atoms with E-state index in [1.165, 1.54) is 18.2 Å². The fourth-order valence-corrected chi connectivity index (χ4v) is 4.14. The molecule has 8 nitrogen and oxygen atoms in total. The minimum atomic E-state index is -3.78. The largest absolute Gasteiger partial charge is 0.322 e. The number of rotatable bonds is 8. The molecule has 0 fully saturated rings. The summed E-state index contributed by atoms with van der Waals surface area (Å²) in [7, 11) is -3.78. The highest BCUT2D eigenvalue weighted by atomic mass is 35.5. The molecule has 0 atom stereocenters. The van der Waals surface area contributed by atoms with E-state index in [0.717, 1.165) is 10.6 Å². The number of hydrazone groups is 1. The maximum atomic E-state index is 12.4. The van der Waals surface area contributed by atoms with Crippen molar-refractivity contribution in [2.45, 2.75) is 6.92 Å². The normalized spacial score (nSPS) is 11.6. The number of benzene rings is 3. The summed E-state index contributed by atoms with van der Waals surface area (Å²) in [4.78, 5) is 24.7. The van der Waals surface area contributed by atoms with Crippen LogP contribution < -0.4 is 15.0 Å². The van der Waals surface area contributed by atoms with Gasteiger partial charge in [-0.25, -0.2) is 13.8 Å². The Hall–Kier alpha value is -3.40. The van der Waals surface area contributed by atoms with Gasteiger partial charge in [-0.3, -0.25) is 13.9 Å². The van der Waals surface area contributed by atoms with Gasteiger partial charge >= 0.3 is 0 Å². The summed E-state index contributed by atoms with van der Waals surface area (Å²) in [5.74, 6) is -0.874. The van der Waals surface area contributed by atoms with Gasteiger partial charge in [0.2, 0.25) is 10.0 Å². The van der Waals surface area contributed by atoms with Crippen molar-refractivity contribution in [2.75, 3.05) is 22.4 Å². The first-order valence-corrected chi connectivity index (χ1v) is 12.9. The zero-order valence-electron chi connectivity index (χ0n) is 18.8. The maximum Gasteiger partial charge on any atom is 0.260 e. The number of amides is 2. The van der Waals surface area contributed by atoms with Gasteiger partial charge in [-0.2, -0.15) is 5.10 Å². The summed E-state index contributed by atoms with van der Waals surface area (Å²) < 4.78 is 25.4. The van der Waals surface area contributed by atoms with Crippen LogP contribution in [-0.4, -0.2) is 38.7 Å². The Morgan fingerprint density at radius 2 is 1.57 bits per heavy atom. The molecular weight excluding hydrogens is 511 g/mol. The monoisotopic (exact) mass is 532 g/mol. The van der Waals surface area contributed by atoms with E-state index in [2.05, 4.69) is 15.8 Å². The zero-order valence-corrected chi connectivity index (χ0v) is 21.2. The number of hydrogen-bond donors (Lipinski definition) is 2. The quantitative estimate of drug-likeness (QED) is 0.327. The van der Waals surface area contributed by atoms with Gasteiger partial charge in [0.15, 0.2) is 0 Å². The van der Waals surface area contributed by atoms with Gasteiger partial charge in [0.1, 0.15) is 6.54 Å². The Balaban J connectivity index is 1.64. The van der Waals surface area contributed by atoms with Crippen molar-refractivity contribution in [3.8, 4) is 0 Å². The minimum Gasteiger partial charge on any atom is -0.322 e. The van der Waals surface area contributed by atoms with Crippen LogP contribution in [0.2, 0.25) is 10.0 Å². The van der Waals surface area contributed by atoms with Gasteiger partial charge in [0.25, 0.3) is 11.8 Å². The maximum absolute atomic E-state index is 12.4. The highest BCUT2D eigenvalue weighted by Crippen LogP contribution is 2.28. The van der Waals surface area contributed by atoms with Crippen LogP contribution >= 0.6 is 23.2 Å². The molecule has 2 amide bonds. The second-order valence-electron chi connectivity index (χ2n) is 7.50. The smallest absolute Gasteiger partial charge is 0.260 e. The summed E-state index contributed by atoms with van der Waals surface area (Å²) in [6.07, 6.45) is 0.982. The number of sulfonamides is 1. The first kappa shape index (κ1) is 26.2. The molecule has 0 aliphatic carbocycles. The van der Waals surface area contributed by atoms with E-state index >= 15 is 0 Å². The van der Waals surface area contributed by atoms with E-state index in [-0.39, 0.29) is 21.6 Å². The SMILES string of the molecule is C/C(=N\NC(=O)CN(c1ccc(Cl)c(Cl)c1)S(C)(=O)=O)c1ccc(NC(=O)c2ccccc2)cc1. The second-order valence-corrected chi connectivity index (χ2v) is 10.2. The van der Waals surface area contributed by atoms with Crippen LogP contribution in [0.1, 0.15) is 22.8 Å². The van der Waals surface area contributed by atoms with Crippen molar-refractivity contribution >= 4 is 62.1 Å². The molecular formula is C24H22Cl2N4O4S. The predicted molar refractivity (Wildman–Crippen MR) is 140 cm³/mol. The van der Waals surface area contributed by atoms with Crippen LogP contribution in [0.3, 0.4) is 0 Å². The molecule has 0 saturated carbocycles. The summed E-state index contributed by atoms with van der Waals surface area (Å²) in [6.45, 7) is 1.18. The second kappa shape index (κ2) is 11.4. The number of hydrogen-bond acceptors (Lipinski definition) is 5. The summed E-state index contributed by atoms with van der Waals surface area (Å²) in [5, 5.41) is 7.28. The van der Waals surface area contributed by atoms with E-state index in [1.807, 2.05) is 6.07 Å². The van der Waals surface area contributed by atoms with Gasteiger partial charge in [0, 0.05) is 11.3 Å². The van der Waals surface area contributed by atoms with Crippen LogP contribution in [0.15, 0.2) is 77.9 Å². The highest BCUT2D eigenvalue weighted by Gasteiger charge is 2.21. The Morgan fingerprint density at radius 3 is 2.17 bits per heavy atom.